The van der Waals surface area contributed by atoms with Crippen LogP contribution in [0.15, 0.2) is 54.6 Å². The largest absolute Gasteiger partial charge is 0.491 e. The Bertz CT molecular complexity index is 823. The van der Waals surface area contributed by atoms with Crippen LogP contribution in [0.1, 0.15) is 64.5 Å². The van der Waals surface area contributed by atoms with E-state index >= 15 is 0 Å². The summed E-state index contributed by atoms with van der Waals surface area (Å²) < 4.78 is 17.7. The molecule has 0 N–H and O–H groups in total. The van der Waals surface area contributed by atoms with Crippen molar-refractivity contribution < 1.29 is 14.2 Å². The number of allylic oxidation sites excluding steroid dienone is 2. The molecule has 2 aromatic carbocycles. The van der Waals surface area contributed by atoms with Crippen LogP contribution in [0.25, 0.3) is 5.57 Å². The van der Waals surface area contributed by atoms with Crippen molar-refractivity contribution in [3.63, 3.8) is 0 Å². The topological polar surface area (TPSA) is 27.7 Å². The summed E-state index contributed by atoms with van der Waals surface area (Å²) in [6.45, 7) is 12.2. The van der Waals surface area contributed by atoms with E-state index in [9.17, 15) is 0 Å². The first-order chi connectivity index (χ1) is 14.4. The minimum Gasteiger partial charge on any atom is -0.491 e. The predicted molar refractivity (Wildman–Crippen MR) is 124 cm³/mol. The van der Waals surface area contributed by atoms with Crippen LogP contribution in [0.3, 0.4) is 0 Å². The molecule has 0 saturated carbocycles. The maximum atomic E-state index is 6.16. The first-order valence-corrected chi connectivity index (χ1v) is 11.2. The quantitative estimate of drug-likeness (QED) is 0.277. The zero-order valence-electron chi connectivity index (χ0n) is 19.1. The van der Waals surface area contributed by atoms with Gasteiger partial charge < -0.3 is 14.2 Å². The SMILES string of the molecule is CC(C)CC(c1ccc(OC(C)OCCOc2ccccc2)c(C2=CC2)c1)C(C)C. The fraction of sp³-hybridized carbons (Fsp3) is 0.481. The van der Waals surface area contributed by atoms with Gasteiger partial charge in [0.25, 0.3) is 0 Å². The molecule has 0 radical (unpaired) electrons. The standard InChI is InChI=1S/C27H36O3/c1-19(2)17-25(20(3)4)23-13-14-27(26(18-23)22-11-12-22)30-21(5)28-15-16-29-24-9-7-6-8-10-24/h6-11,13-14,18-21,25H,12,15-17H2,1-5H3. The van der Waals surface area contributed by atoms with Gasteiger partial charge >= 0.3 is 0 Å². The maximum Gasteiger partial charge on any atom is 0.197 e. The van der Waals surface area contributed by atoms with Crippen molar-refractivity contribution in [3.8, 4) is 11.5 Å². The molecule has 0 spiro atoms. The van der Waals surface area contributed by atoms with Crippen molar-refractivity contribution in [1.82, 2.24) is 0 Å². The zero-order valence-corrected chi connectivity index (χ0v) is 19.1. The van der Waals surface area contributed by atoms with E-state index in [0.29, 0.717) is 31.0 Å². The Morgan fingerprint density at radius 2 is 1.63 bits per heavy atom. The molecule has 1 aliphatic rings. The number of para-hydroxylation sites is 1. The van der Waals surface area contributed by atoms with Crippen LogP contribution in [0.2, 0.25) is 0 Å². The fourth-order valence-corrected chi connectivity index (χ4v) is 3.81. The summed E-state index contributed by atoms with van der Waals surface area (Å²) in [6.07, 6.45) is 4.19. The smallest absolute Gasteiger partial charge is 0.197 e. The lowest BCUT2D eigenvalue weighted by Crippen LogP contribution is -2.20. The normalized spacial score (nSPS) is 15.1. The summed E-state index contributed by atoms with van der Waals surface area (Å²) in [5, 5.41) is 0. The molecule has 2 aromatic rings. The molecule has 0 fully saturated rings. The van der Waals surface area contributed by atoms with Crippen LogP contribution >= 0.6 is 0 Å². The van der Waals surface area contributed by atoms with E-state index < -0.39 is 0 Å². The van der Waals surface area contributed by atoms with Crippen molar-refractivity contribution in [3.05, 3.63) is 65.7 Å². The Hall–Kier alpha value is -2.26. The van der Waals surface area contributed by atoms with E-state index in [1.807, 2.05) is 37.3 Å². The molecule has 3 rings (SSSR count). The first-order valence-electron chi connectivity index (χ1n) is 11.2. The van der Waals surface area contributed by atoms with Gasteiger partial charge in [-0.2, -0.15) is 0 Å². The highest BCUT2D eigenvalue weighted by Gasteiger charge is 2.22. The van der Waals surface area contributed by atoms with Crippen LogP contribution in [0.4, 0.5) is 0 Å². The van der Waals surface area contributed by atoms with Gasteiger partial charge in [0, 0.05) is 5.56 Å². The van der Waals surface area contributed by atoms with E-state index in [1.54, 1.807) is 0 Å². The van der Waals surface area contributed by atoms with Gasteiger partial charge in [0.15, 0.2) is 6.29 Å². The van der Waals surface area contributed by atoms with Gasteiger partial charge in [-0.05, 0) is 72.9 Å². The zero-order chi connectivity index (χ0) is 21.5. The average molecular weight is 409 g/mol. The molecule has 0 aliphatic heterocycles. The van der Waals surface area contributed by atoms with Crippen LogP contribution in [0.5, 0.6) is 11.5 Å². The number of ether oxygens (including phenoxy) is 3. The Morgan fingerprint density at radius 3 is 2.27 bits per heavy atom. The molecule has 0 bridgehead atoms. The molecule has 30 heavy (non-hydrogen) atoms. The number of benzene rings is 2. The van der Waals surface area contributed by atoms with Crippen LogP contribution in [-0.2, 0) is 4.74 Å². The van der Waals surface area contributed by atoms with Gasteiger partial charge in [0.1, 0.15) is 18.1 Å². The number of rotatable bonds is 12. The molecule has 1 aliphatic carbocycles. The number of hydrogen-bond acceptors (Lipinski definition) is 3. The van der Waals surface area contributed by atoms with Crippen molar-refractivity contribution in [2.45, 2.75) is 59.7 Å². The molecule has 3 nitrogen and oxygen atoms in total. The first kappa shape index (κ1) is 22.4. The summed E-state index contributed by atoms with van der Waals surface area (Å²) in [4.78, 5) is 0. The van der Waals surface area contributed by atoms with E-state index in [1.165, 1.54) is 23.1 Å². The van der Waals surface area contributed by atoms with Gasteiger partial charge in [-0.1, -0.05) is 58.0 Å². The summed E-state index contributed by atoms with van der Waals surface area (Å²) in [5.74, 6) is 3.64. The van der Waals surface area contributed by atoms with Crippen LogP contribution in [0, 0.1) is 11.8 Å². The minimum atomic E-state index is -0.329. The molecule has 0 heterocycles. The second kappa shape index (κ2) is 10.7. The van der Waals surface area contributed by atoms with Gasteiger partial charge in [-0.25, -0.2) is 0 Å². The van der Waals surface area contributed by atoms with Gasteiger partial charge in [0.05, 0.1) is 6.61 Å². The maximum absolute atomic E-state index is 6.16. The minimum absolute atomic E-state index is 0.329. The summed E-state index contributed by atoms with van der Waals surface area (Å²) in [5.41, 5.74) is 4.01. The second-order valence-electron chi connectivity index (χ2n) is 8.89. The molecule has 0 aromatic heterocycles. The van der Waals surface area contributed by atoms with E-state index in [0.717, 1.165) is 17.9 Å². The lowest BCUT2D eigenvalue weighted by Gasteiger charge is -2.25. The third-order valence-electron chi connectivity index (χ3n) is 5.46. The Morgan fingerprint density at radius 1 is 0.900 bits per heavy atom. The van der Waals surface area contributed by atoms with E-state index in [2.05, 4.69) is 52.0 Å². The molecule has 0 amide bonds. The van der Waals surface area contributed by atoms with Crippen molar-refractivity contribution in [2.24, 2.45) is 11.8 Å². The Labute approximate surface area is 182 Å². The molecular weight excluding hydrogens is 372 g/mol. The molecule has 2 unspecified atom stereocenters. The average Bonchev–Trinajstić information content (AvgIpc) is 3.55. The summed E-state index contributed by atoms with van der Waals surface area (Å²) in [6, 6.07) is 16.5. The predicted octanol–water partition coefficient (Wildman–Crippen LogP) is 7.08. The van der Waals surface area contributed by atoms with Crippen LogP contribution in [-0.4, -0.2) is 19.5 Å². The third kappa shape index (κ3) is 6.63. The van der Waals surface area contributed by atoms with Gasteiger partial charge in [-0.3, -0.25) is 0 Å². The van der Waals surface area contributed by atoms with Gasteiger partial charge in [-0.15, -0.1) is 0 Å². The highest BCUT2D eigenvalue weighted by Crippen LogP contribution is 2.41. The van der Waals surface area contributed by atoms with Crippen molar-refractivity contribution in [1.29, 1.82) is 0 Å². The van der Waals surface area contributed by atoms with E-state index in [-0.39, 0.29) is 6.29 Å². The van der Waals surface area contributed by atoms with E-state index in [4.69, 9.17) is 14.2 Å². The molecule has 2 atom stereocenters. The third-order valence-corrected chi connectivity index (χ3v) is 5.46. The Balaban J connectivity index is 1.59. The monoisotopic (exact) mass is 408 g/mol. The summed E-state index contributed by atoms with van der Waals surface area (Å²) >= 11 is 0. The highest BCUT2D eigenvalue weighted by molar-refractivity contribution is 5.81. The van der Waals surface area contributed by atoms with Crippen molar-refractivity contribution in [2.75, 3.05) is 13.2 Å². The Kier molecular flexibility index (Phi) is 7.98. The molecule has 3 heteroatoms. The highest BCUT2D eigenvalue weighted by atomic mass is 16.7. The van der Waals surface area contributed by atoms with Gasteiger partial charge in [0.2, 0.25) is 0 Å². The number of hydrogen-bond donors (Lipinski definition) is 0. The molecule has 162 valence electrons. The summed E-state index contributed by atoms with van der Waals surface area (Å²) in [7, 11) is 0. The fourth-order valence-electron chi connectivity index (χ4n) is 3.81. The van der Waals surface area contributed by atoms with Crippen LogP contribution < -0.4 is 9.47 Å². The molecular formula is C27H36O3. The second-order valence-corrected chi connectivity index (χ2v) is 8.89. The van der Waals surface area contributed by atoms with Crippen molar-refractivity contribution >= 4 is 5.57 Å². The lowest BCUT2D eigenvalue weighted by atomic mass is 9.81. The molecule has 0 saturated heterocycles. The lowest BCUT2D eigenvalue weighted by molar-refractivity contribution is -0.0740.